The van der Waals surface area contributed by atoms with Crippen molar-refractivity contribution in [3.63, 3.8) is 0 Å². The summed E-state index contributed by atoms with van der Waals surface area (Å²) in [7, 11) is 0. The number of rotatable bonds is 0. The lowest BCUT2D eigenvalue weighted by Crippen LogP contribution is -1.81. The van der Waals surface area contributed by atoms with Crippen molar-refractivity contribution in [2.24, 2.45) is 0 Å². The number of aromatic nitrogens is 4. The van der Waals surface area contributed by atoms with E-state index >= 15 is 0 Å². The minimum atomic E-state index is 0.490. The molecule has 3 heterocycles. The van der Waals surface area contributed by atoms with Gasteiger partial charge in [0.1, 0.15) is 10.7 Å². The third kappa shape index (κ3) is 0.886. The van der Waals surface area contributed by atoms with Gasteiger partial charge in [0.2, 0.25) is 0 Å². The number of nitrogens with one attached hydrogen (secondary N) is 2. The van der Waals surface area contributed by atoms with Gasteiger partial charge in [-0.25, -0.2) is 9.97 Å². The van der Waals surface area contributed by atoms with Crippen LogP contribution in [-0.4, -0.2) is 19.9 Å². The number of imidazole rings is 1. The molecule has 0 aliphatic heterocycles. The zero-order chi connectivity index (χ0) is 9.71. The second-order valence-electron chi connectivity index (χ2n) is 3.24. The van der Waals surface area contributed by atoms with E-state index in [4.69, 9.17) is 11.6 Å². The van der Waals surface area contributed by atoms with E-state index in [1.165, 1.54) is 0 Å². The van der Waals surface area contributed by atoms with Crippen molar-refractivity contribution in [3.8, 4) is 0 Å². The fraction of sp³-hybridized carbons (Fsp3) is 0.111. The lowest BCUT2D eigenvalue weighted by Gasteiger charge is -1.93. The Bertz CT molecular complexity index is 622. The summed E-state index contributed by atoms with van der Waals surface area (Å²) < 4.78 is 0. The maximum Gasteiger partial charge on any atom is 0.181 e. The molecule has 0 unspecified atom stereocenters. The monoisotopic (exact) mass is 206 g/mol. The molecule has 70 valence electrons. The Morgan fingerprint density at radius 1 is 1.36 bits per heavy atom. The van der Waals surface area contributed by atoms with Crippen LogP contribution in [0.1, 0.15) is 5.69 Å². The number of H-pyrrole nitrogens is 2. The molecule has 0 aliphatic carbocycles. The van der Waals surface area contributed by atoms with E-state index in [1.807, 2.05) is 13.0 Å². The van der Waals surface area contributed by atoms with Crippen LogP contribution in [0.2, 0.25) is 5.15 Å². The van der Waals surface area contributed by atoms with Crippen LogP contribution in [0.15, 0.2) is 12.4 Å². The van der Waals surface area contributed by atoms with Crippen LogP contribution in [0.3, 0.4) is 0 Å². The van der Waals surface area contributed by atoms with Crippen molar-refractivity contribution in [1.29, 1.82) is 0 Å². The predicted octanol–water partition coefficient (Wildman–Crippen LogP) is 2.40. The number of nitrogens with zero attached hydrogens (tertiary/aromatic N) is 2. The molecule has 4 nitrogen and oxygen atoms in total. The minimum absolute atomic E-state index is 0.490. The molecular formula is C9H7ClN4. The molecule has 0 spiro atoms. The Balaban J connectivity index is 2.65. The van der Waals surface area contributed by atoms with Gasteiger partial charge in [-0.2, -0.15) is 0 Å². The molecule has 0 aromatic carbocycles. The number of halogens is 1. The van der Waals surface area contributed by atoms with Gasteiger partial charge in [0.25, 0.3) is 0 Å². The molecule has 0 radical (unpaired) electrons. The van der Waals surface area contributed by atoms with Gasteiger partial charge in [0.15, 0.2) is 5.65 Å². The molecule has 2 N–H and O–H groups in total. The summed E-state index contributed by atoms with van der Waals surface area (Å²) in [6.45, 7) is 1.98. The average Bonchev–Trinajstić information content (AvgIpc) is 2.69. The highest BCUT2D eigenvalue weighted by Crippen LogP contribution is 2.27. The van der Waals surface area contributed by atoms with Crippen molar-refractivity contribution < 1.29 is 0 Å². The fourth-order valence-corrected chi connectivity index (χ4v) is 1.89. The van der Waals surface area contributed by atoms with E-state index in [9.17, 15) is 0 Å². The Kier molecular flexibility index (Phi) is 1.39. The van der Waals surface area contributed by atoms with Gasteiger partial charge in [0.05, 0.1) is 11.8 Å². The van der Waals surface area contributed by atoms with Crippen molar-refractivity contribution >= 4 is 33.7 Å². The second kappa shape index (κ2) is 2.48. The Hall–Kier alpha value is -1.55. The summed E-state index contributed by atoms with van der Waals surface area (Å²) in [5.41, 5.74) is 3.57. The summed E-state index contributed by atoms with van der Waals surface area (Å²) in [5, 5.41) is 1.42. The van der Waals surface area contributed by atoms with Crippen molar-refractivity contribution in [2.45, 2.75) is 6.92 Å². The molecule has 0 saturated carbocycles. The van der Waals surface area contributed by atoms with E-state index in [0.717, 1.165) is 22.1 Å². The maximum atomic E-state index is 6.02. The molecule has 3 aromatic heterocycles. The first-order valence-corrected chi connectivity index (χ1v) is 4.61. The van der Waals surface area contributed by atoms with Crippen LogP contribution in [-0.2, 0) is 0 Å². The highest BCUT2D eigenvalue weighted by Gasteiger charge is 2.10. The van der Waals surface area contributed by atoms with E-state index < -0.39 is 0 Å². The van der Waals surface area contributed by atoms with E-state index in [2.05, 4.69) is 19.9 Å². The van der Waals surface area contributed by atoms with Crippen LogP contribution in [0.5, 0.6) is 0 Å². The first-order valence-electron chi connectivity index (χ1n) is 4.23. The number of hydrogen-bond donors (Lipinski definition) is 2. The maximum absolute atomic E-state index is 6.02. The van der Waals surface area contributed by atoms with Crippen molar-refractivity contribution in [3.05, 3.63) is 23.2 Å². The van der Waals surface area contributed by atoms with E-state index in [-0.39, 0.29) is 0 Å². The van der Waals surface area contributed by atoms with Crippen LogP contribution in [0.25, 0.3) is 22.1 Å². The lowest BCUT2D eigenvalue weighted by atomic mass is 10.3. The molecule has 0 aliphatic rings. The summed E-state index contributed by atoms with van der Waals surface area (Å²) in [4.78, 5) is 14.5. The molecule has 0 bridgehead atoms. The van der Waals surface area contributed by atoms with Gasteiger partial charge in [0, 0.05) is 11.1 Å². The van der Waals surface area contributed by atoms with Gasteiger partial charge >= 0.3 is 0 Å². The van der Waals surface area contributed by atoms with Crippen LogP contribution in [0.4, 0.5) is 0 Å². The number of pyridine rings is 1. The van der Waals surface area contributed by atoms with Crippen LogP contribution >= 0.6 is 11.6 Å². The van der Waals surface area contributed by atoms with Gasteiger partial charge in [-0.3, -0.25) is 0 Å². The molecule has 0 amide bonds. The largest absolute Gasteiger partial charge is 0.357 e. The first kappa shape index (κ1) is 7.82. The topological polar surface area (TPSA) is 57.4 Å². The second-order valence-corrected chi connectivity index (χ2v) is 3.60. The quantitative estimate of drug-likeness (QED) is 0.555. The number of aryl methyl sites for hydroxylation is 1. The SMILES string of the molecule is Cc1cc2c(Cl)nc3nc[nH]c3c2[nH]1. The molecule has 3 aromatic rings. The normalized spacial score (nSPS) is 11.6. The molecular weight excluding hydrogens is 200 g/mol. The van der Waals surface area contributed by atoms with Crippen molar-refractivity contribution in [2.75, 3.05) is 0 Å². The van der Waals surface area contributed by atoms with E-state index in [1.54, 1.807) is 6.33 Å². The molecule has 5 heteroatoms. The van der Waals surface area contributed by atoms with Crippen LogP contribution in [0, 0.1) is 6.92 Å². The number of aromatic amines is 2. The standard InChI is InChI=1S/C9H7ClN4/c1-4-2-5-6(13-4)7-9(12-3-11-7)14-8(5)10/h2-3,13H,1H3,(H,11,12,14). The molecule has 3 rings (SSSR count). The molecule has 0 fully saturated rings. The first-order chi connectivity index (χ1) is 6.75. The zero-order valence-electron chi connectivity index (χ0n) is 7.43. The zero-order valence-corrected chi connectivity index (χ0v) is 8.18. The van der Waals surface area contributed by atoms with Gasteiger partial charge in [-0.15, -0.1) is 0 Å². The third-order valence-electron chi connectivity index (χ3n) is 2.25. The summed E-state index contributed by atoms with van der Waals surface area (Å²) in [5.74, 6) is 0. The van der Waals surface area contributed by atoms with Crippen LogP contribution < -0.4 is 0 Å². The minimum Gasteiger partial charge on any atom is -0.357 e. The van der Waals surface area contributed by atoms with Crippen molar-refractivity contribution in [1.82, 2.24) is 19.9 Å². The third-order valence-corrected chi connectivity index (χ3v) is 2.54. The van der Waals surface area contributed by atoms with Gasteiger partial charge in [-0.1, -0.05) is 11.6 Å². The van der Waals surface area contributed by atoms with Gasteiger partial charge in [-0.05, 0) is 13.0 Å². The smallest absolute Gasteiger partial charge is 0.181 e. The number of hydrogen-bond acceptors (Lipinski definition) is 2. The number of fused-ring (bicyclic) bond motifs is 3. The summed E-state index contributed by atoms with van der Waals surface area (Å²) in [6.07, 6.45) is 1.61. The Labute approximate surface area is 84.3 Å². The summed E-state index contributed by atoms with van der Waals surface area (Å²) in [6, 6.07) is 1.98. The Morgan fingerprint density at radius 3 is 3.07 bits per heavy atom. The summed E-state index contributed by atoms with van der Waals surface area (Å²) >= 11 is 6.02. The Morgan fingerprint density at radius 2 is 2.21 bits per heavy atom. The highest BCUT2D eigenvalue weighted by atomic mass is 35.5. The van der Waals surface area contributed by atoms with E-state index in [0.29, 0.717) is 10.8 Å². The molecule has 14 heavy (non-hydrogen) atoms. The fourth-order valence-electron chi connectivity index (χ4n) is 1.66. The molecule has 0 atom stereocenters. The van der Waals surface area contributed by atoms with Gasteiger partial charge < -0.3 is 9.97 Å². The average molecular weight is 207 g/mol. The molecule has 0 saturated heterocycles. The predicted molar refractivity (Wildman–Crippen MR) is 55.5 cm³/mol. The highest BCUT2D eigenvalue weighted by molar-refractivity contribution is 6.35. The lowest BCUT2D eigenvalue weighted by molar-refractivity contribution is 1.30.